The van der Waals surface area contributed by atoms with Gasteiger partial charge in [-0.1, -0.05) is 0 Å². The fraction of sp³-hybridized carbons (Fsp3) is 0.684. The van der Waals surface area contributed by atoms with Gasteiger partial charge in [0.2, 0.25) is 5.88 Å². The molecular weight excluding hydrogens is 338 g/mol. The fourth-order valence-corrected chi connectivity index (χ4v) is 4.09. The summed E-state index contributed by atoms with van der Waals surface area (Å²) >= 11 is 0. The number of hydrogen-bond donors (Lipinski definition) is 1. The molecule has 3 heterocycles. The normalized spacial score (nSPS) is 22.8. The van der Waals surface area contributed by atoms with E-state index in [1.807, 2.05) is 17.0 Å². The molecule has 1 aromatic rings. The van der Waals surface area contributed by atoms with Crippen LogP contribution in [0.5, 0.6) is 5.88 Å². The molecule has 0 aromatic carbocycles. The van der Waals surface area contributed by atoms with Crippen LogP contribution in [0.2, 0.25) is 0 Å². The Hall–Kier alpha value is -1.33. The van der Waals surface area contributed by atoms with Crippen LogP contribution in [0, 0.1) is 5.41 Å². The van der Waals surface area contributed by atoms with Gasteiger partial charge in [-0.2, -0.15) is 0 Å². The maximum Gasteiger partial charge on any atom is 0.254 e. The van der Waals surface area contributed by atoms with Gasteiger partial charge in [0.05, 0.1) is 0 Å². The van der Waals surface area contributed by atoms with E-state index >= 15 is 0 Å². The standard InChI is InChI=1S/C19H27N3O2.ClH/c23-18(15-4-9-21-17(14-15)24-16-2-1-3-16)22-12-7-19(8-13-22)5-10-20-11-6-19;/h4,9,14,16,20H,1-3,5-8,10-13H2;1H. The van der Waals surface area contributed by atoms with Crippen LogP contribution in [0.25, 0.3) is 0 Å². The molecule has 0 unspecified atom stereocenters. The second-order valence-electron chi connectivity index (χ2n) is 7.60. The van der Waals surface area contributed by atoms with E-state index in [1.165, 1.54) is 19.3 Å². The number of hydrogen-bond acceptors (Lipinski definition) is 4. The smallest absolute Gasteiger partial charge is 0.254 e. The number of pyridine rings is 1. The first-order valence-corrected chi connectivity index (χ1v) is 9.37. The van der Waals surface area contributed by atoms with Crippen molar-refractivity contribution in [1.29, 1.82) is 0 Å². The first-order valence-electron chi connectivity index (χ1n) is 9.37. The average molecular weight is 366 g/mol. The number of aromatic nitrogens is 1. The van der Waals surface area contributed by atoms with E-state index < -0.39 is 0 Å². The summed E-state index contributed by atoms with van der Waals surface area (Å²) in [6.07, 6.45) is 10.2. The summed E-state index contributed by atoms with van der Waals surface area (Å²) in [7, 11) is 0. The molecule has 1 aromatic heterocycles. The predicted molar refractivity (Wildman–Crippen MR) is 99.4 cm³/mol. The quantitative estimate of drug-likeness (QED) is 0.894. The van der Waals surface area contributed by atoms with Crippen LogP contribution >= 0.6 is 12.4 Å². The van der Waals surface area contributed by atoms with E-state index in [0.717, 1.165) is 51.9 Å². The molecule has 4 rings (SSSR count). The molecule has 3 fully saturated rings. The third-order valence-electron chi connectivity index (χ3n) is 6.10. The van der Waals surface area contributed by atoms with Crippen molar-refractivity contribution in [1.82, 2.24) is 15.2 Å². The van der Waals surface area contributed by atoms with Crippen molar-refractivity contribution in [2.45, 2.75) is 51.0 Å². The van der Waals surface area contributed by atoms with Gasteiger partial charge >= 0.3 is 0 Å². The lowest BCUT2D eigenvalue weighted by Crippen LogP contribution is -2.47. The Morgan fingerprint density at radius 2 is 1.92 bits per heavy atom. The van der Waals surface area contributed by atoms with Crippen molar-refractivity contribution in [3.8, 4) is 5.88 Å². The maximum absolute atomic E-state index is 12.8. The molecule has 2 saturated heterocycles. The van der Waals surface area contributed by atoms with Crippen LogP contribution in [0.1, 0.15) is 55.3 Å². The van der Waals surface area contributed by atoms with E-state index in [4.69, 9.17) is 4.74 Å². The maximum atomic E-state index is 12.8. The van der Waals surface area contributed by atoms with Crippen LogP contribution in [0.3, 0.4) is 0 Å². The fourth-order valence-electron chi connectivity index (χ4n) is 4.09. The highest BCUT2D eigenvalue weighted by Gasteiger charge is 2.36. The van der Waals surface area contributed by atoms with Gasteiger partial charge in [0.25, 0.3) is 5.91 Å². The largest absolute Gasteiger partial charge is 0.474 e. The highest BCUT2D eigenvalue weighted by atomic mass is 35.5. The molecule has 1 aliphatic carbocycles. The van der Waals surface area contributed by atoms with Crippen LogP contribution in [-0.2, 0) is 0 Å². The van der Waals surface area contributed by atoms with Crippen molar-refractivity contribution in [2.24, 2.45) is 5.41 Å². The average Bonchev–Trinajstić information content (AvgIpc) is 2.59. The highest BCUT2D eigenvalue weighted by Crippen LogP contribution is 2.39. The van der Waals surface area contributed by atoms with E-state index in [2.05, 4.69) is 10.3 Å². The van der Waals surface area contributed by atoms with Crippen molar-refractivity contribution >= 4 is 18.3 Å². The number of carbonyl (C=O) groups excluding carboxylic acids is 1. The summed E-state index contributed by atoms with van der Waals surface area (Å²) in [5, 5.41) is 3.45. The Balaban J connectivity index is 0.00000182. The van der Waals surface area contributed by atoms with E-state index in [0.29, 0.717) is 16.9 Å². The number of piperidine rings is 2. The van der Waals surface area contributed by atoms with Crippen molar-refractivity contribution in [3.05, 3.63) is 23.9 Å². The molecule has 0 radical (unpaired) electrons. The molecule has 5 nitrogen and oxygen atoms in total. The van der Waals surface area contributed by atoms with Gasteiger partial charge in [0, 0.05) is 30.9 Å². The topological polar surface area (TPSA) is 54.5 Å². The minimum Gasteiger partial charge on any atom is -0.474 e. The summed E-state index contributed by atoms with van der Waals surface area (Å²) in [6, 6.07) is 3.63. The lowest BCUT2D eigenvalue weighted by Gasteiger charge is -2.44. The molecule has 6 heteroatoms. The van der Waals surface area contributed by atoms with Crippen molar-refractivity contribution in [3.63, 3.8) is 0 Å². The number of ether oxygens (including phenoxy) is 1. The lowest BCUT2D eigenvalue weighted by molar-refractivity contribution is 0.0494. The lowest BCUT2D eigenvalue weighted by atomic mass is 9.71. The van der Waals surface area contributed by atoms with Gasteiger partial charge in [-0.3, -0.25) is 4.79 Å². The first kappa shape index (κ1) is 18.5. The predicted octanol–water partition coefficient (Wildman–Crippen LogP) is 3.04. The molecule has 1 N–H and O–H groups in total. The van der Waals surface area contributed by atoms with Crippen molar-refractivity contribution in [2.75, 3.05) is 26.2 Å². The monoisotopic (exact) mass is 365 g/mol. The van der Waals surface area contributed by atoms with Crippen LogP contribution in [0.15, 0.2) is 18.3 Å². The number of halogens is 1. The van der Waals surface area contributed by atoms with Gasteiger partial charge in [0.1, 0.15) is 6.10 Å². The Labute approximate surface area is 155 Å². The Kier molecular flexibility index (Phi) is 5.85. The SMILES string of the molecule is Cl.O=C(c1ccnc(OC2CCC2)c1)N1CCC2(CCNCC2)CC1. The number of nitrogens with one attached hydrogen (secondary N) is 1. The molecule has 1 amide bonds. The first-order chi connectivity index (χ1) is 11.7. The Morgan fingerprint density at radius 3 is 2.56 bits per heavy atom. The van der Waals surface area contributed by atoms with E-state index in [1.54, 1.807) is 6.20 Å². The zero-order valence-electron chi connectivity index (χ0n) is 14.7. The van der Waals surface area contributed by atoms with Crippen molar-refractivity contribution < 1.29 is 9.53 Å². The summed E-state index contributed by atoms with van der Waals surface area (Å²) < 4.78 is 5.83. The molecule has 3 aliphatic rings. The van der Waals surface area contributed by atoms with E-state index in [9.17, 15) is 4.79 Å². The number of carbonyl (C=O) groups is 1. The van der Waals surface area contributed by atoms with Gasteiger partial charge in [-0.25, -0.2) is 4.98 Å². The third-order valence-corrected chi connectivity index (χ3v) is 6.10. The molecule has 2 aliphatic heterocycles. The molecular formula is C19H28ClN3O2. The summed E-state index contributed by atoms with van der Waals surface area (Å²) in [5.74, 6) is 0.719. The number of nitrogens with zero attached hydrogens (tertiary/aromatic N) is 2. The Morgan fingerprint density at radius 1 is 1.20 bits per heavy atom. The molecule has 0 atom stereocenters. The molecule has 0 bridgehead atoms. The van der Waals surface area contributed by atoms with E-state index in [-0.39, 0.29) is 24.4 Å². The molecule has 138 valence electrons. The third kappa shape index (κ3) is 4.09. The Bertz CT molecular complexity index is 590. The van der Waals surface area contributed by atoms with Crippen LogP contribution in [0.4, 0.5) is 0 Å². The van der Waals surface area contributed by atoms with Gasteiger partial charge in [-0.05, 0) is 69.5 Å². The number of likely N-dealkylation sites (tertiary alicyclic amines) is 1. The molecule has 1 saturated carbocycles. The minimum absolute atomic E-state index is 0. The summed E-state index contributed by atoms with van der Waals surface area (Å²) in [5.41, 5.74) is 1.18. The minimum atomic E-state index is 0. The number of rotatable bonds is 3. The second kappa shape index (κ2) is 7.92. The highest BCUT2D eigenvalue weighted by molar-refractivity contribution is 5.94. The van der Waals surface area contributed by atoms with Crippen LogP contribution in [-0.4, -0.2) is 48.1 Å². The zero-order chi connectivity index (χ0) is 16.4. The molecule has 25 heavy (non-hydrogen) atoms. The number of amides is 1. The second-order valence-corrected chi connectivity index (χ2v) is 7.60. The summed E-state index contributed by atoms with van der Waals surface area (Å²) in [4.78, 5) is 19.1. The van der Waals surface area contributed by atoms with Gasteiger partial charge in [0.15, 0.2) is 0 Å². The zero-order valence-corrected chi connectivity index (χ0v) is 15.5. The van der Waals surface area contributed by atoms with Gasteiger partial charge < -0.3 is 15.0 Å². The molecule has 1 spiro atoms. The van der Waals surface area contributed by atoms with Gasteiger partial charge in [-0.15, -0.1) is 12.4 Å². The van der Waals surface area contributed by atoms with Crippen LogP contribution < -0.4 is 10.1 Å². The summed E-state index contributed by atoms with van der Waals surface area (Å²) in [6.45, 7) is 4.00.